The van der Waals surface area contributed by atoms with Crippen molar-refractivity contribution < 1.29 is 8.42 Å². The van der Waals surface area contributed by atoms with E-state index in [-0.39, 0.29) is 6.04 Å². The van der Waals surface area contributed by atoms with E-state index in [0.29, 0.717) is 16.0 Å². The van der Waals surface area contributed by atoms with Gasteiger partial charge in [0, 0.05) is 10.9 Å². The molecule has 1 aliphatic rings. The van der Waals surface area contributed by atoms with Crippen molar-refractivity contribution in [1.82, 2.24) is 10.0 Å². The molecule has 1 aromatic heterocycles. The zero-order valence-electron chi connectivity index (χ0n) is 13.1. The fourth-order valence-electron chi connectivity index (χ4n) is 2.82. The first-order valence-electron chi connectivity index (χ1n) is 7.68. The maximum Gasteiger partial charge on any atom is 0.250 e. The smallest absolute Gasteiger partial charge is 0.250 e. The Balaban J connectivity index is 1.99. The molecule has 4 nitrogen and oxygen atoms in total. The van der Waals surface area contributed by atoms with Crippen molar-refractivity contribution in [1.29, 1.82) is 0 Å². The SMILES string of the molecule is CNCCc1ccc(S(=O)(=O)NC2CCC(C)C(C)C2)s1. The van der Waals surface area contributed by atoms with Crippen LogP contribution in [-0.4, -0.2) is 28.1 Å². The van der Waals surface area contributed by atoms with E-state index in [0.717, 1.165) is 37.1 Å². The summed E-state index contributed by atoms with van der Waals surface area (Å²) in [4.78, 5) is 1.11. The van der Waals surface area contributed by atoms with Crippen molar-refractivity contribution in [2.24, 2.45) is 11.8 Å². The predicted octanol–water partition coefficient (Wildman–Crippen LogP) is 2.61. The van der Waals surface area contributed by atoms with Crippen molar-refractivity contribution in [3.63, 3.8) is 0 Å². The molecule has 1 aromatic rings. The Morgan fingerprint density at radius 3 is 2.67 bits per heavy atom. The average Bonchev–Trinajstić information content (AvgIpc) is 2.90. The number of hydrogen-bond donors (Lipinski definition) is 2. The maximum absolute atomic E-state index is 12.5. The lowest BCUT2D eigenvalue weighted by molar-refractivity contribution is 0.242. The Morgan fingerprint density at radius 2 is 2.00 bits per heavy atom. The third-order valence-electron chi connectivity index (χ3n) is 4.44. The standard InChI is InChI=1S/C15H26N2O2S2/c1-11-4-5-13(10-12(11)2)17-21(18,19)15-7-6-14(20-15)8-9-16-3/h6-7,11-13,16-17H,4-5,8-10H2,1-3H3. The molecule has 1 heterocycles. The van der Waals surface area contributed by atoms with Gasteiger partial charge in [-0.15, -0.1) is 11.3 Å². The lowest BCUT2D eigenvalue weighted by Gasteiger charge is -2.32. The van der Waals surface area contributed by atoms with Crippen LogP contribution in [0.3, 0.4) is 0 Å². The Kier molecular flexibility index (Phi) is 5.82. The second-order valence-corrected chi connectivity index (χ2v) is 9.27. The van der Waals surface area contributed by atoms with Crippen LogP contribution < -0.4 is 10.0 Å². The van der Waals surface area contributed by atoms with E-state index < -0.39 is 10.0 Å². The summed E-state index contributed by atoms with van der Waals surface area (Å²) in [6.45, 7) is 5.33. The number of sulfonamides is 1. The van der Waals surface area contributed by atoms with E-state index >= 15 is 0 Å². The van der Waals surface area contributed by atoms with Gasteiger partial charge in [0.1, 0.15) is 4.21 Å². The summed E-state index contributed by atoms with van der Waals surface area (Å²) in [5, 5.41) is 3.08. The summed E-state index contributed by atoms with van der Waals surface area (Å²) in [7, 11) is -1.46. The van der Waals surface area contributed by atoms with Gasteiger partial charge in [-0.25, -0.2) is 13.1 Å². The molecule has 2 rings (SSSR count). The summed E-state index contributed by atoms with van der Waals surface area (Å²) in [6.07, 6.45) is 3.86. The zero-order chi connectivity index (χ0) is 15.5. The quantitative estimate of drug-likeness (QED) is 0.843. The maximum atomic E-state index is 12.5. The molecule has 0 aliphatic heterocycles. The highest BCUT2D eigenvalue weighted by molar-refractivity contribution is 7.91. The Hall–Kier alpha value is -0.430. The number of rotatable bonds is 6. The van der Waals surface area contributed by atoms with Gasteiger partial charge >= 0.3 is 0 Å². The van der Waals surface area contributed by atoms with Gasteiger partial charge in [-0.3, -0.25) is 0 Å². The van der Waals surface area contributed by atoms with Gasteiger partial charge in [0.15, 0.2) is 0 Å². The van der Waals surface area contributed by atoms with Crippen LogP contribution in [0.1, 0.15) is 38.0 Å². The first-order chi connectivity index (χ1) is 9.92. The van der Waals surface area contributed by atoms with Crippen LogP contribution in [0.2, 0.25) is 0 Å². The lowest BCUT2D eigenvalue weighted by Crippen LogP contribution is -2.39. The van der Waals surface area contributed by atoms with Crippen LogP contribution in [0.4, 0.5) is 0 Å². The number of nitrogens with one attached hydrogen (secondary N) is 2. The molecule has 1 aliphatic carbocycles. The second-order valence-electron chi connectivity index (χ2n) is 6.16. The summed E-state index contributed by atoms with van der Waals surface area (Å²) < 4.78 is 28.3. The van der Waals surface area contributed by atoms with Gasteiger partial charge in [0.2, 0.25) is 10.0 Å². The van der Waals surface area contributed by atoms with Gasteiger partial charge in [-0.2, -0.15) is 0 Å². The van der Waals surface area contributed by atoms with Gasteiger partial charge < -0.3 is 5.32 Å². The average molecular weight is 331 g/mol. The molecule has 1 saturated carbocycles. The van der Waals surface area contributed by atoms with E-state index in [1.165, 1.54) is 11.3 Å². The molecule has 120 valence electrons. The molecule has 0 amide bonds. The molecule has 3 atom stereocenters. The Labute approximate surface area is 132 Å². The largest absolute Gasteiger partial charge is 0.319 e. The first kappa shape index (κ1) is 16.9. The van der Waals surface area contributed by atoms with Crippen molar-refractivity contribution in [3.05, 3.63) is 17.0 Å². The van der Waals surface area contributed by atoms with E-state index in [1.807, 2.05) is 13.1 Å². The lowest BCUT2D eigenvalue weighted by atomic mass is 9.79. The van der Waals surface area contributed by atoms with Gasteiger partial charge in [-0.05, 0) is 63.2 Å². The van der Waals surface area contributed by atoms with Gasteiger partial charge in [-0.1, -0.05) is 13.8 Å². The van der Waals surface area contributed by atoms with E-state index in [2.05, 4.69) is 23.9 Å². The van der Waals surface area contributed by atoms with Crippen LogP contribution >= 0.6 is 11.3 Å². The molecule has 21 heavy (non-hydrogen) atoms. The first-order valence-corrected chi connectivity index (χ1v) is 9.98. The minimum Gasteiger partial charge on any atom is -0.319 e. The Morgan fingerprint density at radius 1 is 1.24 bits per heavy atom. The molecule has 1 fully saturated rings. The molecular formula is C15H26N2O2S2. The van der Waals surface area contributed by atoms with Gasteiger partial charge in [0.25, 0.3) is 0 Å². The van der Waals surface area contributed by atoms with Crippen molar-refractivity contribution in [2.75, 3.05) is 13.6 Å². The van der Waals surface area contributed by atoms with Crippen LogP contribution in [0.15, 0.2) is 16.3 Å². The van der Waals surface area contributed by atoms with E-state index in [1.54, 1.807) is 6.07 Å². The predicted molar refractivity (Wildman–Crippen MR) is 88.2 cm³/mol. The van der Waals surface area contributed by atoms with Crippen LogP contribution in [0.25, 0.3) is 0 Å². The fourth-order valence-corrected chi connectivity index (χ4v) is 5.47. The number of likely N-dealkylation sites (N-methyl/N-ethyl adjacent to an activating group) is 1. The van der Waals surface area contributed by atoms with Crippen molar-refractivity contribution in [2.45, 2.75) is 49.8 Å². The highest BCUT2D eigenvalue weighted by Crippen LogP contribution is 2.30. The minimum atomic E-state index is -3.36. The molecule has 3 unspecified atom stereocenters. The molecule has 0 spiro atoms. The van der Waals surface area contributed by atoms with E-state index in [9.17, 15) is 8.42 Å². The summed E-state index contributed by atoms with van der Waals surface area (Å²) in [6, 6.07) is 3.73. The molecule has 6 heteroatoms. The molecule has 0 saturated heterocycles. The molecule has 2 N–H and O–H groups in total. The molecule has 0 radical (unpaired) electrons. The minimum absolute atomic E-state index is 0.0871. The molecule has 0 bridgehead atoms. The zero-order valence-corrected chi connectivity index (χ0v) is 14.7. The van der Waals surface area contributed by atoms with Crippen LogP contribution in [0.5, 0.6) is 0 Å². The third kappa shape index (κ3) is 4.52. The number of hydrogen-bond acceptors (Lipinski definition) is 4. The Bertz CT molecular complexity index is 554. The fraction of sp³-hybridized carbons (Fsp3) is 0.733. The van der Waals surface area contributed by atoms with Crippen LogP contribution in [0, 0.1) is 11.8 Å². The number of thiophene rings is 1. The monoisotopic (exact) mass is 330 g/mol. The molecular weight excluding hydrogens is 304 g/mol. The highest BCUT2D eigenvalue weighted by Gasteiger charge is 2.28. The summed E-state index contributed by atoms with van der Waals surface area (Å²) in [5.41, 5.74) is 0. The summed E-state index contributed by atoms with van der Waals surface area (Å²) >= 11 is 1.38. The van der Waals surface area contributed by atoms with Crippen molar-refractivity contribution >= 4 is 21.4 Å². The van der Waals surface area contributed by atoms with Crippen LogP contribution in [-0.2, 0) is 16.4 Å². The highest BCUT2D eigenvalue weighted by atomic mass is 32.2. The third-order valence-corrected chi connectivity index (χ3v) is 7.60. The van der Waals surface area contributed by atoms with E-state index in [4.69, 9.17) is 0 Å². The summed E-state index contributed by atoms with van der Waals surface area (Å²) in [5.74, 6) is 1.28. The van der Waals surface area contributed by atoms with Gasteiger partial charge in [0.05, 0.1) is 0 Å². The van der Waals surface area contributed by atoms with Crippen molar-refractivity contribution in [3.8, 4) is 0 Å². The second kappa shape index (κ2) is 7.22. The topological polar surface area (TPSA) is 58.2 Å². The molecule has 0 aromatic carbocycles. The normalized spacial score (nSPS) is 26.9.